The largest absolute Gasteiger partial charge is 0.282 e. The molecule has 0 atom stereocenters. The zero-order valence-corrected chi connectivity index (χ0v) is 12.0. The minimum absolute atomic E-state index is 0.365. The summed E-state index contributed by atoms with van der Waals surface area (Å²) in [7, 11) is -3.18. The molecule has 1 N–H and O–H groups in total. The number of H-pyrrole nitrogens is 1. The van der Waals surface area contributed by atoms with Crippen molar-refractivity contribution in [3.63, 3.8) is 0 Å². The van der Waals surface area contributed by atoms with Gasteiger partial charge in [0.15, 0.2) is 0 Å². The van der Waals surface area contributed by atoms with Crippen molar-refractivity contribution >= 4 is 10.0 Å². The number of aromatic amines is 1. The molecule has 0 aromatic carbocycles. The van der Waals surface area contributed by atoms with Crippen molar-refractivity contribution < 1.29 is 8.42 Å². The molecule has 0 saturated carbocycles. The van der Waals surface area contributed by atoms with Gasteiger partial charge < -0.3 is 0 Å². The second kappa shape index (κ2) is 5.01. The molecule has 1 aromatic rings. The minimum Gasteiger partial charge on any atom is -0.282 e. The van der Waals surface area contributed by atoms with Gasteiger partial charge in [-0.25, -0.2) is 8.42 Å². The molecule has 1 aromatic heterocycles. The Labute approximate surface area is 109 Å². The lowest BCUT2D eigenvalue weighted by atomic mass is 10.1. The van der Waals surface area contributed by atoms with E-state index in [4.69, 9.17) is 0 Å². The molecule has 0 aliphatic carbocycles. The molecule has 2 rings (SSSR count). The molecule has 18 heavy (non-hydrogen) atoms. The minimum atomic E-state index is -3.18. The number of fused-ring (bicyclic) bond motifs is 1. The summed E-state index contributed by atoms with van der Waals surface area (Å²) in [5.41, 5.74) is 3.18. The summed E-state index contributed by atoms with van der Waals surface area (Å²) in [4.78, 5) is 0. The summed E-state index contributed by atoms with van der Waals surface area (Å²) >= 11 is 0. The Balaban J connectivity index is 2.34. The molecule has 102 valence electrons. The Morgan fingerprint density at radius 2 is 2.17 bits per heavy atom. The number of aromatic nitrogens is 2. The number of nitrogens with zero attached hydrogens (tertiary/aromatic N) is 2. The molecule has 0 spiro atoms. The Bertz CT molecular complexity index is 519. The molecule has 0 unspecified atom stereocenters. The second-order valence-corrected chi connectivity index (χ2v) is 7.50. The number of rotatable bonds is 3. The van der Waals surface area contributed by atoms with Crippen molar-refractivity contribution in [3.05, 3.63) is 17.0 Å². The Morgan fingerprint density at radius 1 is 1.44 bits per heavy atom. The normalized spacial score (nSPS) is 17.8. The lowest BCUT2D eigenvalue weighted by Gasteiger charge is -2.22. The summed E-state index contributed by atoms with van der Waals surface area (Å²) < 4.78 is 26.1. The van der Waals surface area contributed by atoms with Gasteiger partial charge in [-0.2, -0.15) is 9.40 Å². The van der Waals surface area contributed by atoms with Gasteiger partial charge >= 0.3 is 0 Å². The monoisotopic (exact) mass is 271 g/mol. The third-order valence-electron chi connectivity index (χ3n) is 3.50. The van der Waals surface area contributed by atoms with Crippen molar-refractivity contribution in [2.24, 2.45) is 0 Å². The molecule has 6 heteroatoms. The Morgan fingerprint density at radius 3 is 2.78 bits per heavy atom. The third kappa shape index (κ3) is 2.31. The van der Waals surface area contributed by atoms with Gasteiger partial charge in [0.2, 0.25) is 10.0 Å². The van der Waals surface area contributed by atoms with Crippen LogP contribution in [0.25, 0.3) is 0 Å². The fourth-order valence-electron chi connectivity index (χ4n) is 2.33. The molecule has 1 aliphatic rings. The predicted octanol–water partition coefficient (Wildman–Crippen LogP) is 1.46. The molecule has 2 heterocycles. The average molecular weight is 271 g/mol. The van der Waals surface area contributed by atoms with Crippen LogP contribution in [0.2, 0.25) is 0 Å². The van der Waals surface area contributed by atoms with E-state index in [1.165, 1.54) is 0 Å². The van der Waals surface area contributed by atoms with Crippen LogP contribution < -0.4 is 0 Å². The maximum atomic E-state index is 12.3. The van der Waals surface area contributed by atoms with Gasteiger partial charge in [0.25, 0.3) is 0 Å². The molecular weight excluding hydrogens is 250 g/mol. The SMILES string of the molecule is CCc1n[nH]c2c1CN(S(=O)(=O)C(C)C)CCC2. The van der Waals surface area contributed by atoms with Crippen molar-refractivity contribution in [2.45, 2.75) is 51.8 Å². The zero-order chi connectivity index (χ0) is 13.3. The number of nitrogens with one attached hydrogen (secondary N) is 1. The first-order chi connectivity index (χ1) is 8.46. The van der Waals surface area contributed by atoms with Gasteiger partial charge in [0.1, 0.15) is 0 Å². The number of hydrogen-bond acceptors (Lipinski definition) is 3. The average Bonchev–Trinajstić information content (AvgIpc) is 2.57. The van der Waals surface area contributed by atoms with E-state index in [1.807, 2.05) is 6.92 Å². The molecule has 1 aliphatic heterocycles. The summed E-state index contributed by atoms with van der Waals surface area (Å²) in [6, 6.07) is 0. The second-order valence-electron chi connectivity index (χ2n) is 5.01. The van der Waals surface area contributed by atoms with Gasteiger partial charge in [-0.15, -0.1) is 0 Å². The molecule has 0 bridgehead atoms. The van der Waals surface area contributed by atoms with Crippen LogP contribution in [0.4, 0.5) is 0 Å². The van der Waals surface area contributed by atoms with E-state index in [0.717, 1.165) is 36.2 Å². The highest BCUT2D eigenvalue weighted by Crippen LogP contribution is 2.23. The maximum Gasteiger partial charge on any atom is 0.216 e. The van der Waals surface area contributed by atoms with Crippen LogP contribution in [0.15, 0.2) is 0 Å². The van der Waals surface area contributed by atoms with Crippen LogP contribution in [0.1, 0.15) is 44.1 Å². The number of sulfonamides is 1. The molecule has 0 saturated heterocycles. The van der Waals surface area contributed by atoms with Gasteiger partial charge in [-0.1, -0.05) is 6.92 Å². The van der Waals surface area contributed by atoms with Crippen molar-refractivity contribution in [3.8, 4) is 0 Å². The smallest absolute Gasteiger partial charge is 0.216 e. The molecule has 0 radical (unpaired) electrons. The van der Waals surface area contributed by atoms with E-state index in [2.05, 4.69) is 10.2 Å². The van der Waals surface area contributed by atoms with Crippen molar-refractivity contribution in [1.82, 2.24) is 14.5 Å². The summed E-state index contributed by atoms with van der Waals surface area (Å²) in [6.07, 6.45) is 2.57. The van der Waals surface area contributed by atoms with Crippen LogP contribution in [0.3, 0.4) is 0 Å². The van der Waals surface area contributed by atoms with E-state index in [1.54, 1.807) is 18.2 Å². The zero-order valence-electron chi connectivity index (χ0n) is 11.2. The van der Waals surface area contributed by atoms with Gasteiger partial charge in [0, 0.05) is 24.3 Å². The highest BCUT2D eigenvalue weighted by Gasteiger charge is 2.29. The van der Waals surface area contributed by atoms with E-state index in [0.29, 0.717) is 13.1 Å². The topological polar surface area (TPSA) is 66.1 Å². The molecule has 0 amide bonds. The van der Waals surface area contributed by atoms with Crippen molar-refractivity contribution in [1.29, 1.82) is 0 Å². The summed E-state index contributed by atoms with van der Waals surface area (Å²) in [5, 5.41) is 6.95. The highest BCUT2D eigenvalue weighted by molar-refractivity contribution is 7.89. The van der Waals surface area contributed by atoms with Crippen LogP contribution in [-0.4, -0.2) is 34.7 Å². The van der Waals surface area contributed by atoms with E-state index >= 15 is 0 Å². The molecule has 5 nitrogen and oxygen atoms in total. The van der Waals surface area contributed by atoms with E-state index in [9.17, 15) is 8.42 Å². The predicted molar refractivity (Wildman–Crippen MR) is 70.8 cm³/mol. The lowest BCUT2D eigenvalue weighted by molar-refractivity contribution is 0.403. The van der Waals surface area contributed by atoms with Crippen LogP contribution in [0.5, 0.6) is 0 Å². The first-order valence-electron chi connectivity index (χ1n) is 6.50. The first-order valence-corrected chi connectivity index (χ1v) is 8.01. The summed E-state index contributed by atoms with van der Waals surface area (Å²) in [5.74, 6) is 0. The van der Waals surface area contributed by atoms with Crippen molar-refractivity contribution in [2.75, 3.05) is 6.54 Å². The first kappa shape index (κ1) is 13.5. The highest BCUT2D eigenvalue weighted by atomic mass is 32.2. The van der Waals surface area contributed by atoms with Gasteiger partial charge in [-0.3, -0.25) is 5.10 Å². The van der Waals surface area contributed by atoms with Crippen LogP contribution in [0, 0.1) is 0 Å². The van der Waals surface area contributed by atoms with E-state index < -0.39 is 10.0 Å². The lowest BCUT2D eigenvalue weighted by Crippen LogP contribution is -2.36. The maximum absolute atomic E-state index is 12.3. The molecular formula is C12H21N3O2S. The summed E-state index contributed by atoms with van der Waals surface area (Å²) in [6.45, 7) is 6.58. The number of aryl methyl sites for hydroxylation is 2. The van der Waals surface area contributed by atoms with Crippen LogP contribution >= 0.6 is 0 Å². The van der Waals surface area contributed by atoms with Crippen LogP contribution in [-0.2, 0) is 29.4 Å². The van der Waals surface area contributed by atoms with Gasteiger partial charge in [-0.05, 0) is 33.1 Å². The fraction of sp³-hybridized carbons (Fsp3) is 0.750. The fourth-order valence-corrected chi connectivity index (χ4v) is 3.62. The van der Waals surface area contributed by atoms with Gasteiger partial charge in [0.05, 0.1) is 10.9 Å². The molecule has 0 fully saturated rings. The Kier molecular flexibility index (Phi) is 3.77. The Hall–Kier alpha value is -0.880. The third-order valence-corrected chi connectivity index (χ3v) is 5.72. The quantitative estimate of drug-likeness (QED) is 0.905. The standard InChI is InChI=1S/C12H21N3O2S/c1-4-11-10-8-15(18(16,17)9(2)3)7-5-6-12(10)14-13-11/h9H,4-8H2,1-3H3,(H,13,14). The van der Waals surface area contributed by atoms with E-state index in [-0.39, 0.29) is 5.25 Å². The number of hydrogen-bond donors (Lipinski definition) is 1.